The van der Waals surface area contributed by atoms with Gasteiger partial charge in [0.1, 0.15) is 16.7 Å². The third-order valence-corrected chi connectivity index (χ3v) is 2.75. The lowest BCUT2D eigenvalue weighted by atomic mass is 10.2. The van der Waals surface area contributed by atoms with Gasteiger partial charge in [0, 0.05) is 11.8 Å². The highest BCUT2D eigenvalue weighted by molar-refractivity contribution is 6.33. The van der Waals surface area contributed by atoms with Crippen LogP contribution in [0.5, 0.6) is 5.75 Å². The molecule has 0 atom stereocenters. The summed E-state index contributed by atoms with van der Waals surface area (Å²) in [6.07, 6.45) is 0.953. The molecule has 1 heterocycles. The second kappa shape index (κ2) is 6.34. The van der Waals surface area contributed by atoms with E-state index < -0.39 is 11.7 Å². The van der Waals surface area contributed by atoms with Crippen LogP contribution in [0.2, 0.25) is 5.15 Å². The van der Waals surface area contributed by atoms with E-state index in [0.29, 0.717) is 18.0 Å². The van der Waals surface area contributed by atoms with Gasteiger partial charge < -0.3 is 10.1 Å². The molecule has 1 amide bonds. The molecule has 20 heavy (non-hydrogen) atoms. The van der Waals surface area contributed by atoms with Gasteiger partial charge >= 0.3 is 0 Å². The van der Waals surface area contributed by atoms with E-state index in [0.717, 1.165) is 12.3 Å². The van der Waals surface area contributed by atoms with Crippen LogP contribution in [-0.2, 0) is 0 Å². The quantitative estimate of drug-likeness (QED) is 0.878. The largest absolute Gasteiger partial charge is 0.494 e. The van der Waals surface area contributed by atoms with Crippen LogP contribution in [0.15, 0.2) is 36.5 Å². The molecule has 4 nitrogen and oxygen atoms in total. The van der Waals surface area contributed by atoms with Crippen LogP contribution in [0.25, 0.3) is 0 Å². The minimum Gasteiger partial charge on any atom is -0.494 e. The van der Waals surface area contributed by atoms with Crippen molar-refractivity contribution in [1.29, 1.82) is 0 Å². The number of nitrogens with zero attached hydrogens (tertiary/aromatic N) is 1. The number of nitrogens with one attached hydrogen (secondary N) is 1. The predicted octanol–water partition coefficient (Wildman–Crippen LogP) is 3.53. The van der Waals surface area contributed by atoms with Crippen LogP contribution in [0, 0.1) is 5.82 Å². The lowest BCUT2D eigenvalue weighted by molar-refractivity contribution is 0.102. The Morgan fingerprint density at radius 1 is 1.45 bits per heavy atom. The van der Waals surface area contributed by atoms with Crippen molar-refractivity contribution < 1.29 is 13.9 Å². The summed E-state index contributed by atoms with van der Waals surface area (Å²) in [5.74, 6) is -0.521. The topological polar surface area (TPSA) is 51.2 Å². The maximum Gasteiger partial charge on any atom is 0.258 e. The molecule has 0 saturated heterocycles. The molecular formula is C14H12ClFN2O2. The van der Waals surface area contributed by atoms with Gasteiger partial charge in [-0.25, -0.2) is 9.37 Å². The Labute approximate surface area is 120 Å². The van der Waals surface area contributed by atoms with E-state index in [1.807, 2.05) is 6.92 Å². The van der Waals surface area contributed by atoms with Gasteiger partial charge in [-0.15, -0.1) is 0 Å². The summed E-state index contributed by atoms with van der Waals surface area (Å²) in [5.41, 5.74) is 0.509. The fourth-order valence-electron chi connectivity index (χ4n) is 1.61. The van der Waals surface area contributed by atoms with E-state index in [9.17, 15) is 9.18 Å². The summed E-state index contributed by atoms with van der Waals surface area (Å²) in [6, 6.07) is 7.92. The number of benzene rings is 1. The molecule has 0 saturated carbocycles. The fourth-order valence-corrected chi connectivity index (χ4v) is 1.80. The van der Waals surface area contributed by atoms with Crippen molar-refractivity contribution in [1.82, 2.24) is 4.98 Å². The monoisotopic (exact) mass is 294 g/mol. The van der Waals surface area contributed by atoms with E-state index in [1.165, 1.54) is 0 Å². The molecule has 0 unspecified atom stereocenters. The summed E-state index contributed by atoms with van der Waals surface area (Å²) >= 11 is 5.78. The van der Waals surface area contributed by atoms with E-state index >= 15 is 0 Å². The first-order chi connectivity index (χ1) is 9.60. The molecule has 2 rings (SSSR count). The molecule has 0 aliphatic rings. The Bertz CT molecular complexity index is 634. The van der Waals surface area contributed by atoms with Gasteiger partial charge in [0.15, 0.2) is 0 Å². The Hall–Kier alpha value is -2.14. The first kappa shape index (κ1) is 14.3. The number of ether oxygens (including phenoxy) is 1. The van der Waals surface area contributed by atoms with Crippen molar-refractivity contribution in [3.05, 3.63) is 53.1 Å². The van der Waals surface area contributed by atoms with Crippen LogP contribution in [0.4, 0.5) is 10.1 Å². The van der Waals surface area contributed by atoms with Crippen molar-refractivity contribution >= 4 is 23.2 Å². The molecule has 0 fully saturated rings. The number of carbonyl (C=O) groups is 1. The second-order valence-electron chi connectivity index (χ2n) is 3.91. The number of carbonyl (C=O) groups excluding carboxylic acids is 1. The van der Waals surface area contributed by atoms with Crippen molar-refractivity contribution in [2.45, 2.75) is 6.92 Å². The number of pyridine rings is 1. The molecule has 1 aromatic heterocycles. The predicted molar refractivity (Wildman–Crippen MR) is 74.8 cm³/mol. The van der Waals surface area contributed by atoms with Gasteiger partial charge in [-0.1, -0.05) is 17.7 Å². The lowest BCUT2D eigenvalue weighted by Gasteiger charge is -2.08. The highest BCUT2D eigenvalue weighted by Gasteiger charge is 2.13. The van der Waals surface area contributed by atoms with Gasteiger partial charge in [0.05, 0.1) is 18.4 Å². The van der Waals surface area contributed by atoms with Crippen molar-refractivity contribution in [2.75, 3.05) is 11.9 Å². The average molecular weight is 295 g/mol. The zero-order valence-corrected chi connectivity index (χ0v) is 11.4. The number of hydrogen-bond donors (Lipinski definition) is 1. The van der Waals surface area contributed by atoms with Gasteiger partial charge in [0.25, 0.3) is 5.91 Å². The first-order valence-electron chi connectivity index (χ1n) is 5.95. The Morgan fingerprint density at radius 3 is 3.00 bits per heavy atom. The second-order valence-corrected chi connectivity index (χ2v) is 4.26. The maximum absolute atomic E-state index is 13.1. The molecule has 0 bridgehead atoms. The summed E-state index contributed by atoms with van der Waals surface area (Å²) in [5, 5.41) is 2.56. The van der Waals surface area contributed by atoms with E-state index in [2.05, 4.69) is 10.3 Å². The highest BCUT2D eigenvalue weighted by Crippen LogP contribution is 2.20. The fraction of sp³-hybridized carbons (Fsp3) is 0.143. The molecule has 1 N–H and O–H groups in total. The minimum absolute atomic E-state index is 0.0199. The van der Waals surface area contributed by atoms with E-state index in [4.69, 9.17) is 16.3 Å². The molecule has 104 valence electrons. The molecule has 2 aromatic rings. The molecular weight excluding hydrogens is 283 g/mol. The van der Waals surface area contributed by atoms with Gasteiger partial charge in [-0.05, 0) is 25.1 Å². The zero-order chi connectivity index (χ0) is 14.5. The first-order valence-corrected chi connectivity index (χ1v) is 6.33. The number of rotatable bonds is 4. The highest BCUT2D eigenvalue weighted by atomic mass is 35.5. The summed E-state index contributed by atoms with van der Waals surface area (Å²) in [4.78, 5) is 15.6. The summed E-state index contributed by atoms with van der Waals surface area (Å²) in [7, 11) is 0. The molecule has 0 radical (unpaired) electrons. The normalized spacial score (nSPS) is 10.2. The Balaban J connectivity index is 2.19. The van der Waals surface area contributed by atoms with Crippen LogP contribution in [0.3, 0.4) is 0 Å². The van der Waals surface area contributed by atoms with Crippen molar-refractivity contribution in [3.63, 3.8) is 0 Å². The molecule has 6 heteroatoms. The zero-order valence-electron chi connectivity index (χ0n) is 10.7. The number of anilines is 1. The van der Waals surface area contributed by atoms with Gasteiger partial charge in [0.2, 0.25) is 0 Å². The minimum atomic E-state index is -0.623. The van der Waals surface area contributed by atoms with Crippen LogP contribution < -0.4 is 10.1 Å². The van der Waals surface area contributed by atoms with E-state index in [1.54, 1.807) is 24.3 Å². The average Bonchev–Trinajstić information content (AvgIpc) is 2.42. The molecule has 1 aromatic carbocycles. The van der Waals surface area contributed by atoms with Crippen LogP contribution in [0.1, 0.15) is 17.3 Å². The Kier molecular flexibility index (Phi) is 4.53. The smallest absolute Gasteiger partial charge is 0.258 e. The lowest BCUT2D eigenvalue weighted by Crippen LogP contribution is -2.13. The summed E-state index contributed by atoms with van der Waals surface area (Å²) in [6.45, 7) is 2.39. The molecule has 0 spiro atoms. The number of aromatic nitrogens is 1. The molecule has 0 aliphatic carbocycles. The number of hydrogen-bond acceptors (Lipinski definition) is 3. The van der Waals surface area contributed by atoms with Crippen molar-refractivity contribution in [3.8, 4) is 5.75 Å². The number of amides is 1. The van der Waals surface area contributed by atoms with Gasteiger partial charge in [-0.2, -0.15) is 0 Å². The van der Waals surface area contributed by atoms with Gasteiger partial charge in [-0.3, -0.25) is 4.79 Å². The number of halogens is 2. The third kappa shape index (κ3) is 3.45. The SMILES string of the molecule is CCOc1cccc(NC(=O)c2cc(F)cnc2Cl)c1. The standard InChI is InChI=1S/C14H12ClFN2O2/c1-2-20-11-5-3-4-10(7-11)18-14(19)12-6-9(16)8-17-13(12)15/h3-8H,2H2,1H3,(H,18,19). The Morgan fingerprint density at radius 2 is 2.25 bits per heavy atom. The third-order valence-electron chi connectivity index (χ3n) is 2.45. The van der Waals surface area contributed by atoms with Crippen molar-refractivity contribution in [2.24, 2.45) is 0 Å². The summed E-state index contributed by atoms with van der Waals surface area (Å²) < 4.78 is 18.4. The molecule has 0 aliphatic heterocycles. The van der Waals surface area contributed by atoms with E-state index in [-0.39, 0.29) is 10.7 Å². The van der Waals surface area contributed by atoms with Crippen LogP contribution in [-0.4, -0.2) is 17.5 Å². The maximum atomic E-state index is 13.1. The van der Waals surface area contributed by atoms with Crippen LogP contribution >= 0.6 is 11.6 Å².